The van der Waals surface area contributed by atoms with Gasteiger partial charge in [0.05, 0.1) is 21.8 Å². The monoisotopic (exact) mass is 217 g/mol. The van der Waals surface area contributed by atoms with Crippen LogP contribution in [0.15, 0.2) is 12.1 Å². The molecule has 0 radical (unpaired) electrons. The number of anilines is 1. The van der Waals surface area contributed by atoms with E-state index in [4.69, 9.17) is 27.9 Å². The first kappa shape index (κ1) is 8.97. The summed E-state index contributed by atoms with van der Waals surface area (Å²) in [6.07, 6.45) is 0. The van der Waals surface area contributed by atoms with Crippen LogP contribution in [0.25, 0.3) is 0 Å². The number of fused-ring (bicyclic) bond motifs is 1. The zero-order chi connectivity index (χ0) is 9.42. The quantitative estimate of drug-likeness (QED) is 0.721. The van der Waals surface area contributed by atoms with Gasteiger partial charge in [-0.2, -0.15) is 0 Å². The zero-order valence-electron chi connectivity index (χ0n) is 7.10. The van der Waals surface area contributed by atoms with Crippen LogP contribution in [0.5, 0.6) is 5.75 Å². The van der Waals surface area contributed by atoms with Crippen LogP contribution in [0.1, 0.15) is 6.92 Å². The summed E-state index contributed by atoms with van der Waals surface area (Å²) in [5.74, 6) is 0.771. The van der Waals surface area contributed by atoms with Gasteiger partial charge in [0.25, 0.3) is 0 Å². The Hall–Kier alpha value is -0.600. The maximum atomic E-state index is 5.87. The van der Waals surface area contributed by atoms with Gasteiger partial charge in [-0.05, 0) is 13.0 Å². The van der Waals surface area contributed by atoms with Gasteiger partial charge in [-0.3, -0.25) is 0 Å². The highest BCUT2D eigenvalue weighted by molar-refractivity contribution is 6.42. The van der Waals surface area contributed by atoms with Gasteiger partial charge in [0, 0.05) is 6.07 Å². The molecule has 2 nitrogen and oxygen atoms in total. The van der Waals surface area contributed by atoms with Crippen molar-refractivity contribution in [2.45, 2.75) is 13.0 Å². The fourth-order valence-corrected chi connectivity index (χ4v) is 1.60. The fraction of sp³-hybridized carbons (Fsp3) is 0.333. The van der Waals surface area contributed by atoms with E-state index in [0.29, 0.717) is 22.7 Å². The minimum absolute atomic E-state index is 0.310. The predicted molar refractivity (Wildman–Crippen MR) is 55.0 cm³/mol. The molecule has 0 saturated heterocycles. The summed E-state index contributed by atoms with van der Waals surface area (Å²) in [5.41, 5.74) is 0.910. The average Bonchev–Trinajstić information content (AvgIpc) is 2.08. The first-order valence-electron chi connectivity index (χ1n) is 4.05. The van der Waals surface area contributed by atoms with Gasteiger partial charge < -0.3 is 10.1 Å². The number of benzene rings is 1. The van der Waals surface area contributed by atoms with Crippen LogP contribution >= 0.6 is 23.2 Å². The molecule has 1 atom stereocenters. The van der Waals surface area contributed by atoms with Gasteiger partial charge in [-0.15, -0.1) is 0 Å². The Labute approximate surface area is 86.8 Å². The molecule has 2 rings (SSSR count). The normalized spacial score (nSPS) is 20.1. The Morgan fingerprint density at radius 3 is 2.85 bits per heavy atom. The van der Waals surface area contributed by atoms with E-state index in [9.17, 15) is 0 Å². The average molecular weight is 218 g/mol. The van der Waals surface area contributed by atoms with E-state index in [1.165, 1.54) is 0 Å². The summed E-state index contributed by atoms with van der Waals surface area (Å²) >= 11 is 11.7. The molecule has 1 aliphatic heterocycles. The largest absolute Gasteiger partial charge is 0.489 e. The zero-order valence-corrected chi connectivity index (χ0v) is 8.62. The number of halogens is 2. The molecule has 0 spiro atoms. The van der Waals surface area contributed by atoms with Crippen LogP contribution < -0.4 is 10.1 Å². The number of rotatable bonds is 0. The van der Waals surface area contributed by atoms with Crippen LogP contribution in [0.2, 0.25) is 10.0 Å². The molecular formula is C9H9Cl2NO. The maximum Gasteiger partial charge on any atom is 0.144 e. The van der Waals surface area contributed by atoms with E-state index in [-0.39, 0.29) is 0 Å². The van der Waals surface area contributed by atoms with Crippen molar-refractivity contribution in [1.29, 1.82) is 0 Å². The lowest BCUT2D eigenvalue weighted by atomic mass is 10.2. The third-order valence-electron chi connectivity index (χ3n) is 1.91. The summed E-state index contributed by atoms with van der Waals surface area (Å²) in [5, 5.41) is 4.33. The molecule has 1 aromatic rings. The fourth-order valence-electron chi connectivity index (χ4n) is 1.28. The van der Waals surface area contributed by atoms with Crippen molar-refractivity contribution >= 4 is 28.9 Å². The molecule has 0 aliphatic carbocycles. The Kier molecular flexibility index (Phi) is 2.26. The lowest BCUT2D eigenvalue weighted by Crippen LogP contribution is -2.28. The SMILES string of the molecule is CC1COc2cc(Cl)c(Cl)cc2N1. The van der Waals surface area contributed by atoms with Crippen molar-refractivity contribution in [1.82, 2.24) is 0 Å². The van der Waals surface area contributed by atoms with Crippen molar-refractivity contribution in [2.24, 2.45) is 0 Å². The summed E-state index contributed by atoms with van der Waals surface area (Å²) in [6, 6.07) is 3.83. The molecule has 0 aromatic heterocycles. The molecule has 0 saturated carbocycles. The van der Waals surface area contributed by atoms with Crippen LogP contribution in [-0.4, -0.2) is 12.6 Å². The highest BCUT2D eigenvalue weighted by Gasteiger charge is 2.16. The van der Waals surface area contributed by atoms with Gasteiger partial charge in [0.2, 0.25) is 0 Å². The number of hydrogen-bond donors (Lipinski definition) is 1. The van der Waals surface area contributed by atoms with Crippen LogP contribution in [-0.2, 0) is 0 Å². The standard InChI is InChI=1S/C9H9Cl2NO/c1-5-4-13-9-3-7(11)6(10)2-8(9)12-5/h2-3,5,12H,4H2,1H3. The van der Waals surface area contributed by atoms with Gasteiger partial charge in [0.15, 0.2) is 0 Å². The molecule has 0 fully saturated rings. The van der Waals surface area contributed by atoms with Crippen LogP contribution in [0.4, 0.5) is 5.69 Å². The van der Waals surface area contributed by atoms with E-state index in [2.05, 4.69) is 5.32 Å². The maximum absolute atomic E-state index is 5.87. The molecule has 1 N–H and O–H groups in total. The minimum Gasteiger partial charge on any atom is -0.489 e. The molecule has 1 aliphatic rings. The molecule has 1 aromatic carbocycles. The molecular weight excluding hydrogens is 209 g/mol. The Morgan fingerprint density at radius 1 is 1.38 bits per heavy atom. The van der Waals surface area contributed by atoms with Crippen molar-refractivity contribution in [3.05, 3.63) is 22.2 Å². The Bertz CT molecular complexity index is 341. The first-order valence-corrected chi connectivity index (χ1v) is 4.81. The van der Waals surface area contributed by atoms with E-state index < -0.39 is 0 Å². The van der Waals surface area contributed by atoms with Crippen molar-refractivity contribution in [2.75, 3.05) is 11.9 Å². The molecule has 70 valence electrons. The second-order valence-electron chi connectivity index (χ2n) is 3.12. The Morgan fingerprint density at radius 2 is 2.08 bits per heavy atom. The summed E-state index contributed by atoms with van der Waals surface area (Å²) in [4.78, 5) is 0. The van der Waals surface area contributed by atoms with Crippen LogP contribution in [0.3, 0.4) is 0 Å². The van der Waals surface area contributed by atoms with Crippen molar-refractivity contribution in [3.63, 3.8) is 0 Å². The molecule has 1 heterocycles. The molecule has 0 bridgehead atoms. The van der Waals surface area contributed by atoms with Gasteiger partial charge in [0.1, 0.15) is 12.4 Å². The summed E-state index contributed by atoms with van der Waals surface area (Å²) in [7, 11) is 0. The second kappa shape index (κ2) is 3.28. The predicted octanol–water partition coefficient (Wildman–Crippen LogP) is 3.19. The summed E-state index contributed by atoms with van der Waals surface area (Å²) < 4.78 is 5.47. The van der Waals surface area contributed by atoms with Gasteiger partial charge in [-0.1, -0.05) is 23.2 Å². The van der Waals surface area contributed by atoms with Crippen LogP contribution in [0, 0.1) is 0 Å². The first-order chi connectivity index (χ1) is 6.16. The van der Waals surface area contributed by atoms with Gasteiger partial charge >= 0.3 is 0 Å². The molecule has 0 amide bonds. The Balaban J connectivity index is 2.43. The summed E-state index contributed by atoms with van der Waals surface area (Å²) in [6.45, 7) is 2.70. The van der Waals surface area contributed by atoms with Crippen molar-refractivity contribution in [3.8, 4) is 5.75 Å². The lowest BCUT2D eigenvalue weighted by molar-refractivity contribution is 0.292. The number of ether oxygens (including phenoxy) is 1. The van der Waals surface area contributed by atoms with Gasteiger partial charge in [-0.25, -0.2) is 0 Å². The van der Waals surface area contributed by atoms with E-state index in [1.54, 1.807) is 12.1 Å². The lowest BCUT2D eigenvalue weighted by Gasteiger charge is -2.25. The third kappa shape index (κ3) is 1.69. The number of hydrogen-bond acceptors (Lipinski definition) is 2. The third-order valence-corrected chi connectivity index (χ3v) is 2.64. The highest BCUT2D eigenvalue weighted by atomic mass is 35.5. The topological polar surface area (TPSA) is 21.3 Å². The minimum atomic E-state index is 0.310. The second-order valence-corrected chi connectivity index (χ2v) is 3.93. The molecule has 4 heteroatoms. The van der Waals surface area contributed by atoms with E-state index >= 15 is 0 Å². The smallest absolute Gasteiger partial charge is 0.144 e. The van der Waals surface area contributed by atoms with E-state index in [1.807, 2.05) is 6.92 Å². The number of nitrogens with one attached hydrogen (secondary N) is 1. The van der Waals surface area contributed by atoms with Crippen molar-refractivity contribution < 1.29 is 4.74 Å². The molecule has 1 unspecified atom stereocenters. The van der Waals surface area contributed by atoms with E-state index in [0.717, 1.165) is 11.4 Å². The molecule has 13 heavy (non-hydrogen) atoms. The highest BCUT2D eigenvalue weighted by Crippen LogP contribution is 2.36.